The summed E-state index contributed by atoms with van der Waals surface area (Å²) < 4.78 is 0. The van der Waals surface area contributed by atoms with E-state index in [1.165, 1.54) is 0 Å². The van der Waals surface area contributed by atoms with Crippen LogP contribution in [0.3, 0.4) is 0 Å². The van der Waals surface area contributed by atoms with E-state index >= 15 is 0 Å². The van der Waals surface area contributed by atoms with Gasteiger partial charge in [-0.2, -0.15) is 0 Å². The van der Waals surface area contributed by atoms with Crippen LogP contribution >= 0.6 is 0 Å². The Morgan fingerprint density at radius 2 is 2.27 bits per heavy atom. The molecular formula is C11H23N3O. The van der Waals surface area contributed by atoms with Crippen LogP contribution in [0.2, 0.25) is 0 Å². The molecule has 2 unspecified atom stereocenters. The Balaban J connectivity index is 2.21. The van der Waals surface area contributed by atoms with E-state index in [4.69, 9.17) is 0 Å². The Morgan fingerprint density at radius 1 is 1.53 bits per heavy atom. The van der Waals surface area contributed by atoms with Gasteiger partial charge in [0.25, 0.3) is 0 Å². The first-order chi connectivity index (χ1) is 7.09. The number of carbonyl (C=O) groups excluding carboxylic acids is 1. The van der Waals surface area contributed by atoms with Crippen LogP contribution in [-0.2, 0) is 4.79 Å². The van der Waals surface area contributed by atoms with E-state index < -0.39 is 0 Å². The molecule has 2 atom stereocenters. The molecule has 1 fully saturated rings. The van der Waals surface area contributed by atoms with Crippen molar-refractivity contribution in [2.45, 2.75) is 25.8 Å². The number of carbonyl (C=O) groups is 1. The number of hydrogen-bond donors (Lipinski definition) is 2. The number of amides is 1. The van der Waals surface area contributed by atoms with E-state index in [1.807, 2.05) is 14.1 Å². The molecule has 0 aromatic heterocycles. The van der Waals surface area contributed by atoms with Gasteiger partial charge in [-0.1, -0.05) is 0 Å². The van der Waals surface area contributed by atoms with E-state index in [2.05, 4.69) is 22.5 Å². The highest BCUT2D eigenvalue weighted by molar-refractivity contribution is 5.78. The highest BCUT2D eigenvalue weighted by Crippen LogP contribution is 2.15. The second kappa shape index (κ2) is 6.08. The highest BCUT2D eigenvalue weighted by atomic mass is 16.1. The minimum Gasteiger partial charge on any atom is -0.355 e. The van der Waals surface area contributed by atoms with Gasteiger partial charge in [0.1, 0.15) is 0 Å². The van der Waals surface area contributed by atoms with Crippen molar-refractivity contribution in [1.82, 2.24) is 15.5 Å². The van der Waals surface area contributed by atoms with Crippen LogP contribution < -0.4 is 10.6 Å². The van der Waals surface area contributed by atoms with E-state index in [0.29, 0.717) is 6.04 Å². The lowest BCUT2D eigenvalue weighted by Gasteiger charge is -2.27. The van der Waals surface area contributed by atoms with Crippen molar-refractivity contribution in [3.63, 3.8) is 0 Å². The minimum absolute atomic E-state index is 0.211. The van der Waals surface area contributed by atoms with Crippen molar-refractivity contribution in [3.8, 4) is 0 Å². The number of hydrogen-bond acceptors (Lipinski definition) is 3. The third-order valence-corrected chi connectivity index (χ3v) is 2.85. The zero-order chi connectivity index (χ0) is 11.3. The molecule has 1 saturated heterocycles. The summed E-state index contributed by atoms with van der Waals surface area (Å²) in [7, 11) is 4.03. The molecule has 4 nitrogen and oxygen atoms in total. The minimum atomic E-state index is 0.211. The standard InChI is InChI=1S/C11H23N3O/c1-9-8-10(4-5-12-9)11(15)13-6-7-14(2)3/h9-10,12H,4-8H2,1-3H3,(H,13,15). The maximum absolute atomic E-state index is 11.8. The Bertz CT molecular complexity index is 206. The predicted molar refractivity (Wildman–Crippen MR) is 61.8 cm³/mol. The zero-order valence-electron chi connectivity index (χ0n) is 10.0. The van der Waals surface area contributed by atoms with Crippen molar-refractivity contribution in [1.29, 1.82) is 0 Å². The van der Waals surface area contributed by atoms with Gasteiger partial charge in [-0.05, 0) is 40.4 Å². The topological polar surface area (TPSA) is 44.4 Å². The molecule has 1 aliphatic heterocycles. The van der Waals surface area contributed by atoms with Crippen molar-refractivity contribution in [3.05, 3.63) is 0 Å². The molecule has 0 radical (unpaired) electrons. The van der Waals surface area contributed by atoms with Gasteiger partial charge >= 0.3 is 0 Å². The quantitative estimate of drug-likeness (QED) is 0.694. The fraction of sp³-hybridized carbons (Fsp3) is 0.909. The summed E-state index contributed by atoms with van der Waals surface area (Å²) >= 11 is 0. The maximum Gasteiger partial charge on any atom is 0.223 e. The SMILES string of the molecule is CC1CC(C(=O)NCCN(C)C)CCN1. The molecule has 1 heterocycles. The molecule has 0 spiro atoms. The van der Waals surface area contributed by atoms with Crippen LogP contribution in [0.1, 0.15) is 19.8 Å². The first-order valence-electron chi connectivity index (χ1n) is 5.75. The molecule has 0 saturated carbocycles. The summed E-state index contributed by atoms with van der Waals surface area (Å²) in [4.78, 5) is 13.8. The first-order valence-corrected chi connectivity index (χ1v) is 5.75. The van der Waals surface area contributed by atoms with Crippen LogP contribution in [0, 0.1) is 5.92 Å². The fourth-order valence-electron chi connectivity index (χ4n) is 1.92. The second-order valence-electron chi connectivity index (χ2n) is 4.67. The van der Waals surface area contributed by atoms with Gasteiger partial charge in [-0.25, -0.2) is 0 Å². The summed E-state index contributed by atoms with van der Waals surface area (Å²) in [6.07, 6.45) is 1.94. The van der Waals surface area contributed by atoms with Crippen molar-refractivity contribution < 1.29 is 4.79 Å². The lowest BCUT2D eigenvalue weighted by Crippen LogP contribution is -2.43. The number of nitrogens with zero attached hydrogens (tertiary/aromatic N) is 1. The number of likely N-dealkylation sites (N-methyl/N-ethyl adjacent to an activating group) is 1. The summed E-state index contributed by atoms with van der Waals surface area (Å²) in [5.41, 5.74) is 0. The highest BCUT2D eigenvalue weighted by Gasteiger charge is 2.24. The van der Waals surface area contributed by atoms with Gasteiger partial charge in [-0.15, -0.1) is 0 Å². The summed E-state index contributed by atoms with van der Waals surface area (Å²) in [6, 6.07) is 0.475. The molecule has 0 aromatic carbocycles. The predicted octanol–water partition coefficient (Wildman–Crippen LogP) is 0.0523. The molecule has 0 bridgehead atoms. The summed E-state index contributed by atoms with van der Waals surface area (Å²) in [5, 5.41) is 6.35. The van der Waals surface area contributed by atoms with E-state index in [-0.39, 0.29) is 11.8 Å². The molecule has 0 aromatic rings. The van der Waals surface area contributed by atoms with E-state index in [0.717, 1.165) is 32.5 Å². The van der Waals surface area contributed by atoms with Crippen LogP contribution in [0.5, 0.6) is 0 Å². The molecule has 2 N–H and O–H groups in total. The second-order valence-corrected chi connectivity index (χ2v) is 4.67. The molecule has 1 rings (SSSR count). The lowest BCUT2D eigenvalue weighted by atomic mass is 9.92. The van der Waals surface area contributed by atoms with Crippen LogP contribution in [0.15, 0.2) is 0 Å². The van der Waals surface area contributed by atoms with Crippen molar-refractivity contribution in [2.75, 3.05) is 33.7 Å². The molecular weight excluding hydrogens is 190 g/mol. The van der Waals surface area contributed by atoms with Crippen molar-refractivity contribution in [2.24, 2.45) is 5.92 Å². The Morgan fingerprint density at radius 3 is 2.87 bits per heavy atom. The first kappa shape index (κ1) is 12.5. The number of piperidine rings is 1. The van der Waals surface area contributed by atoms with Crippen LogP contribution in [0.25, 0.3) is 0 Å². The smallest absolute Gasteiger partial charge is 0.223 e. The Kier molecular flexibility index (Phi) is 5.05. The Hall–Kier alpha value is -0.610. The van der Waals surface area contributed by atoms with Gasteiger partial charge in [0.2, 0.25) is 5.91 Å². The third-order valence-electron chi connectivity index (χ3n) is 2.85. The number of rotatable bonds is 4. The van der Waals surface area contributed by atoms with E-state index in [9.17, 15) is 4.79 Å². The normalized spacial score (nSPS) is 26.7. The largest absolute Gasteiger partial charge is 0.355 e. The summed E-state index contributed by atoms with van der Waals surface area (Å²) in [6.45, 7) is 4.77. The average molecular weight is 213 g/mol. The third kappa shape index (κ3) is 4.62. The van der Waals surface area contributed by atoms with Gasteiger partial charge in [0.15, 0.2) is 0 Å². The zero-order valence-corrected chi connectivity index (χ0v) is 10.0. The van der Waals surface area contributed by atoms with Crippen LogP contribution in [-0.4, -0.2) is 50.6 Å². The van der Waals surface area contributed by atoms with Gasteiger partial charge in [-0.3, -0.25) is 4.79 Å². The lowest BCUT2D eigenvalue weighted by molar-refractivity contribution is -0.126. The van der Waals surface area contributed by atoms with Gasteiger partial charge in [0, 0.05) is 25.0 Å². The fourth-order valence-corrected chi connectivity index (χ4v) is 1.92. The maximum atomic E-state index is 11.8. The van der Waals surface area contributed by atoms with Crippen molar-refractivity contribution >= 4 is 5.91 Å². The monoisotopic (exact) mass is 213 g/mol. The van der Waals surface area contributed by atoms with E-state index in [1.54, 1.807) is 0 Å². The Labute approximate surface area is 92.4 Å². The molecule has 15 heavy (non-hydrogen) atoms. The molecule has 88 valence electrons. The molecule has 0 aliphatic carbocycles. The van der Waals surface area contributed by atoms with Gasteiger partial charge in [0.05, 0.1) is 0 Å². The molecule has 4 heteroatoms. The van der Waals surface area contributed by atoms with Crippen LogP contribution in [0.4, 0.5) is 0 Å². The average Bonchev–Trinajstić information content (AvgIpc) is 2.17. The number of nitrogens with one attached hydrogen (secondary N) is 2. The van der Waals surface area contributed by atoms with Gasteiger partial charge < -0.3 is 15.5 Å². The molecule has 1 aliphatic rings. The molecule has 1 amide bonds. The summed E-state index contributed by atoms with van der Waals surface area (Å²) in [5.74, 6) is 0.439.